The summed E-state index contributed by atoms with van der Waals surface area (Å²) in [5.74, 6) is -4.25. The first-order valence-corrected chi connectivity index (χ1v) is 14.3. The largest absolute Gasteiger partial charge is 0.407 e. The normalized spacial score (nSPS) is 12.4. The standard InChI is InChI=1S/C27H38F4O2Si/c1-2-3-4-5-6-7-8-9-10-17-22-32-34(24-18-13-11-14-19-24,25-20-15-12-16-21-25)33-23-27(30,31)26(28)29/h11-16,18-21,26H,2-10,17,22-23H2,1H3. The molecule has 0 radical (unpaired) electrons. The van der Waals surface area contributed by atoms with Crippen molar-refractivity contribution in [3.05, 3.63) is 60.7 Å². The van der Waals surface area contributed by atoms with Crippen LogP contribution in [0, 0.1) is 0 Å². The minimum atomic E-state index is -4.25. The summed E-state index contributed by atoms with van der Waals surface area (Å²) >= 11 is 0. The van der Waals surface area contributed by atoms with Gasteiger partial charge >= 0.3 is 20.9 Å². The Hall–Kier alpha value is -1.70. The molecule has 0 atom stereocenters. The lowest BCUT2D eigenvalue weighted by molar-refractivity contribution is -0.151. The van der Waals surface area contributed by atoms with Crippen molar-refractivity contribution in [3.8, 4) is 0 Å². The highest BCUT2D eigenvalue weighted by molar-refractivity contribution is 6.92. The van der Waals surface area contributed by atoms with Gasteiger partial charge in [-0.05, 0) is 16.8 Å². The van der Waals surface area contributed by atoms with Crippen LogP contribution in [0.4, 0.5) is 17.6 Å². The Morgan fingerprint density at radius 2 is 1.12 bits per heavy atom. The van der Waals surface area contributed by atoms with E-state index in [0.717, 1.165) is 19.3 Å². The Labute approximate surface area is 202 Å². The van der Waals surface area contributed by atoms with E-state index in [-0.39, 0.29) is 0 Å². The maximum absolute atomic E-state index is 13.9. The second-order valence-corrected chi connectivity index (χ2v) is 11.7. The molecule has 0 saturated heterocycles. The Morgan fingerprint density at radius 1 is 0.676 bits per heavy atom. The van der Waals surface area contributed by atoms with E-state index in [1.807, 2.05) is 12.1 Å². The van der Waals surface area contributed by atoms with Crippen molar-refractivity contribution in [2.45, 2.75) is 83.5 Å². The number of halogens is 4. The predicted octanol–water partition coefficient (Wildman–Crippen LogP) is 7.10. The highest BCUT2D eigenvalue weighted by Crippen LogP contribution is 2.25. The summed E-state index contributed by atoms with van der Waals surface area (Å²) in [5.41, 5.74) is 0. The topological polar surface area (TPSA) is 18.5 Å². The van der Waals surface area contributed by atoms with Crippen molar-refractivity contribution in [2.24, 2.45) is 0 Å². The number of alkyl halides is 4. The molecule has 0 heterocycles. The van der Waals surface area contributed by atoms with Crippen LogP contribution in [0.2, 0.25) is 0 Å². The summed E-state index contributed by atoms with van der Waals surface area (Å²) < 4.78 is 65.5. The van der Waals surface area contributed by atoms with Gasteiger partial charge in [-0.1, -0.05) is 125 Å². The molecule has 34 heavy (non-hydrogen) atoms. The minimum absolute atomic E-state index is 0.326. The van der Waals surface area contributed by atoms with E-state index in [1.54, 1.807) is 48.5 Å². The molecule has 7 heteroatoms. The molecule has 0 aliphatic heterocycles. The number of unbranched alkanes of at least 4 members (excludes halogenated alkanes) is 9. The lowest BCUT2D eigenvalue weighted by Gasteiger charge is -2.33. The molecule has 2 rings (SSSR count). The van der Waals surface area contributed by atoms with Gasteiger partial charge in [-0.25, -0.2) is 8.78 Å². The fourth-order valence-corrected chi connectivity index (χ4v) is 7.10. The first-order valence-electron chi connectivity index (χ1n) is 12.5. The molecule has 0 bridgehead atoms. The van der Waals surface area contributed by atoms with Crippen molar-refractivity contribution in [2.75, 3.05) is 13.2 Å². The van der Waals surface area contributed by atoms with Crippen LogP contribution in [-0.4, -0.2) is 34.1 Å². The van der Waals surface area contributed by atoms with E-state index in [2.05, 4.69) is 6.92 Å². The van der Waals surface area contributed by atoms with Crippen LogP contribution in [0.5, 0.6) is 0 Å². The second-order valence-electron chi connectivity index (χ2n) is 8.73. The molecule has 2 aromatic rings. The van der Waals surface area contributed by atoms with E-state index in [0.29, 0.717) is 17.0 Å². The van der Waals surface area contributed by atoms with E-state index >= 15 is 0 Å². The van der Waals surface area contributed by atoms with Gasteiger partial charge in [0.2, 0.25) is 0 Å². The van der Waals surface area contributed by atoms with Gasteiger partial charge in [-0.3, -0.25) is 0 Å². The van der Waals surface area contributed by atoms with Crippen LogP contribution in [0.25, 0.3) is 0 Å². The quantitative estimate of drug-likeness (QED) is 0.124. The van der Waals surface area contributed by atoms with Crippen LogP contribution in [0.3, 0.4) is 0 Å². The van der Waals surface area contributed by atoms with Gasteiger partial charge < -0.3 is 8.85 Å². The molecule has 0 aromatic heterocycles. The third-order valence-corrected chi connectivity index (χ3v) is 9.25. The van der Waals surface area contributed by atoms with Gasteiger partial charge in [0.25, 0.3) is 0 Å². The first kappa shape index (κ1) is 28.5. The average Bonchev–Trinajstić information content (AvgIpc) is 2.85. The fourth-order valence-electron chi connectivity index (χ4n) is 3.92. The molecular formula is C27H38F4O2Si. The summed E-state index contributed by atoms with van der Waals surface area (Å²) in [6.07, 6.45) is 7.83. The van der Waals surface area contributed by atoms with Crippen molar-refractivity contribution in [3.63, 3.8) is 0 Å². The van der Waals surface area contributed by atoms with Gasteiger partial charge in [0.1, 0.15) is 6.61 Å². The van der Waals surface area contributed by atoms with Crippen LogP contribution >= 0.6 is 0 Å². The summed E-state index contributed by atoms with van der Waals surface area (Å²) in [4.78, 5) is 0. The monoisotopic (exact) mass is 498 g/mol. The van der Waals surface area contributed by atoms with E-state index in [1.165, 1.54) is 44.9 Å². The van der Waals surface area contributed by atoms with Gasteiger partial charge in [-0.15, -0.1) is 0 Å². The van der Waals surface area contributed by atoms with Crippen molar-refractivity contribution >= 4 is 18.9 Å². The number of hydrogen-bond acceptors (Lipinski definition) is 2. The molecular weight excluding hydrogens is 460 g/mol. The van der Waals surface area contributed by atoms with Crippen LogP contribution < -0.4 is 10.4 Å². The zero-order valence-corrected chi connectivity index (χ0v) is 21.2. The van der Waals surface area contributed by atoms with Gasteiger partial charge in [0, 0.05) is 6.61 Å². The third-order valence-electron chi connectivity index (χ3n) is 5.90. The zero-order valence-electron chi connectivity index (χ0n) is 20.2. The molecule has 0 spiro atoms. The van der Waals surface area contributed by atoms with E-state index in [4.69, 9.17) is 8.85 Å². The Balaban J connectivity index is 2.03. The summed E-state index contributed by atoms with van der Waals surface area (Å²) in [5, 5.41) is 1.25. The summed E-state index contributed by atoms with van der Waals surface area (Å²) in [6.45, 7) is 1.15. The Kier molecular flexibility index (Phi) is 12.9. The zero-order chi connectivity index (χ0) is 24.7. The maximum Gasteiger partial charge on any atom is 0.407 e. The molecule has 0 amide bonds. The number of hydrogen-bond donors (Lipinski definition) is 0. The fraction of sp³-hybridized carbons (Fsp3) is 0.556. The first-order chi connectivity index (χ1) is 16.4. The van der Waals surface area contributed by atoms with Crippen LogP contribution in [-0.2, 0) is 8.85 Å². The minimum Gasteiger partial charge on any atom is -0.388 e. The summed E-state index contributed by atoms with van der Waals surface area (Å²) in [6, 6.07) is 17.8. The molecule has 0 fully saturated rings. The molecule has 0 aliphatic carbocycles. The predicted molar refractivity (Wildman–Crippen MR) is 133 cm³/mol. The molecule has 2 aromatic carbocycles. The SMILES string of the molecule is CCCCCCCCCCCCO[Si](OCC(F)(F)C(F)F)(c1ccccc1)c1ccccc1. The van der Waals surface area contributed by atoms with Crippen LogP contribution in [0.1, 0.15) is 71.1 Å². The number of rotatable bonds is 18. The van der Waals surface area contributed by atoms with Crippen molar-refractivity contribution in [1.82, 2.24) is 0 Å². The van der Waals surface area contributed by atoms with E-state index in [9.17, 15) is 17.6 Å². The van der Waals surface area contributed by atoms with Crippen LogP contribution in [0.15, 0.2) is 60.7 Å². The highest BCUT2D eigenvalue weighted by atomic mass is 28.4. The maximum atomic E-state index is 13.9. The molecule has 0 N–H and O–H groups in total. The highest BCUT2D eigenvalue weighted by Gasteiger charge is 2.48. The second kappa shape index (κ2) is 15.3. The van der Waals surface area contributed by atoms with Gasteiger partial charge in [0.05, 0.1) is 0 Å². The van der Waals surface area contributed by atoms with Gasteiger partial charge in [-0.2, -0.15) is 8.78 Å². The molecule has 0 aliphatic rings. The average molecular weight is 499 g/mol. The Morgan fingerprint density at radius 3 is 1.56 bits per heavy atom. The van der Waals surface area contributed by atoms with Gasteiger partial charge in [0.15, 0.2) is 0 Å². The molecule has 0 unspecified atom stereocenters. The lowest BCUT2D eigenvalue weighted by atomic mass is 10.1. The van der Waals surface area contributed by atoms with E-state index < -0.39 is 27.5 Å². The molecule has 0 saturated carbocycles. The smallest absolute Gasteiger partial charge is 0.388 e. The van der Waals surface area contributed by atoms with Crippen molar-refractivity contribution in [1.29, 1.82) is 0 Å². The molecule has 2 nitrogen and oxygen atoms in total. The summed E-state index contributed by atoms with van der Waals surface area (Å²) in [7, 11) is -3.61. The lowest BCUT2D eigenvalue weighted by Crippen LogP contribution is -2.64. The third kappa shape index (κ3) is 9.15. The molecule has 190 valence electrons. The number of benzene rings is 2. The van der Waals surface area contributed by atoms with Crippen molar-refractivity contribution < 1.29 is 26.4 Å². The Bertz CT molecular complexity index is 735.